The van der Waals surface area contributed by atoms with Crippen LogP contribution in [0.1, 0.15) is 19.4 Å². The number of rotatable bonds is 7. The Kier molecular flexibility index (Phi) is 6.97. The van der Waals surface area contributed by atoms with Crippen LogP contribution in [0.5, 0.6) is 0 Å². The van der Waals surface area contributed by atoms with Gasteiger partial charge in [0.25, 0.3) is 0 Å². The number of carbonyl (C=O) groups is 2. The minimum atomic E-state index is -0.734. The molecule has 7 heteroatoms. The molecule has 1 heterocycles. The maximum Gasteiger partial charge on any atom is 0.408 e. The van der Waals surface area contributed by atoms with Crippen molar-refractivity contribution in [3.63, 3.8) is 0 Å². The highest BCUT2D eigenvalue weighted by molar-refractivity contribution is 7.14. The van der Waals surface area contributed by atoms with Gasteiger partial charge in [0.2, 0.25) is 5.91 Å². The molecule has 0 aliphatic carbocycles. The molecule has 1 aromatic heterocycles. The van der Waals surface area contributed by atoms with Crippen LogP contribution >= 0.6 is 11.3 Å². The smallest absolute Gasteiger partial charge is 0.408 e. The van der Waals surface area contributed by atoms with Crippen LogP contribution in [0.25, 0.3) is 11.3 Å². The third-order valence-electron chi connectivity index (χ3n) is 4.24. The summed E-state index contributed by atoms with van der Waals surface area (Å²) < 4.78 is 5.23. The lowest BCUT2D eigenvalue weighted by Crippen LogP contribution is -2.47. The Hall–Kier alpha value is -3.19. The molecule has 0 saturated carbocycles. The highest BCUT2D eigenvalue weighted by Crippen LogP contribution is 2.24. The van der Waals surface area contributed by atoms with Gasteiger partial charge in [-0.1, -0.05) is 74.5 Å². The standard InChI is InChI=1S/C22H23N3O3S/c1-15(2)19(24-22(27)28-13-16-9-5-3-6-10-16)20(26)25-21-23-18(14-29-21)17-11-7-4-8-12-17/h3-12,14-15,19H,13H2,1-2H3,(H,24,27)(H,23,25,26). The lowest BCUT2D eigenvalue weighted by atomic mass is 10.0. The van der Waals surface area contributed by atoms with E-state index < -0.39 is 12.1 Å². The van der Waals surface area contributed by atoms with Gasteiger partial charge < -0.3 is 15.4 Å². The number of hydrogen-bond acceptors (Lipinski definition) is 5. The molecule has 2 amide bonds. The Labute approximate surface area is 173 Å². The molecule has 1 unspecified atom stereocenters. The molecule has 0 saturated heterocycles. The molecule has 0 fully saturated rings. The van der Waals surface area contributed by atoms with Crippen molar-refractivity contribution in [3.8, 4) is 11.3 Å². The van der Waals surface area contributed by atoms with E-state index in [1.165, 1.54) is 11.3 Å². The summed E-state index contributed by atoms with van der Waals surface area (Å²) in [6.07, 6.45) is -0.633. The van der Waals surface area contributed by atoms with E-state index in [2.05, 4.69) is 15.6 Å². The van der Waals surface area contributed by atoms with E-state index in [0.717, 1.165) is 16.8 Å². The number of aromatic nitrogens is 1. The van der Waals surface area contributed by atoms with Gasteiger partial charge in [-0.05, 0) is 11.5 Å². The van der Waals surface area contributed by atoms with Crippen molar-refractivity contribution in [1.82, 2.24) is 10.3 Å². The van der Waals surface area contributed by atoms with Gasteiger partial charge in [-0.15, -0.1) is 11.3 Å². The summed E-state index contributed by atoms with van der Waals surface area (Å²) >= 11 is 1.34. The normalized spacial score (nSPS) is 11.7. The fraction of sp³-hybridized carbons (Fsp3) is 0.227. The van der Waals surface area contributed by atoms with Crippen LogP contribution in [-0.2, 0) is 16.1 Å². The van der Waals surface area contributed by atoms with E-state index >= 15 is 0 Å². The SMILES string of the molecule is CC(C)C(NC(=O)OCc1ccccc1)C(=O)Nc1nc(-c2ccccc2)cs1. The van der Waals surface area contributed by atoms with E-state index in [0.29, 0.717) is 5.13 Å². The summed E-state index contributed by atoms with van der Waals surface area (Å²) in [7, 11) is 0. The van der Waals surface area contributed by atoms with E-state index in [1.807, 2.05) is 79.9 Å². The van der Waals surface area contributed by atoms with Crippen molar-refractivity contribution in [2.75, 3.05) is 5.32 Å². The molecule has 29 heavy (non-hydrogen) atoms. The third-order valence-corrected chi connectivity index (χ3v) is 5.00. The zero-order valence-electron chi connectivity index (χ0n) is 16.3. The van der Waals surface area contributed by atoms with Crippen LogP contribution in [0.4, 0.5) is 9.93 Å². The number of thiazole rings is 1. The summed E-state index contributed by atoms with van der Waals surface area (Å²) in [4.78, 5) is 29.3. The number of carbonyl (C=O) groups excluding carboxylic acids is 2. The quantitative estimate of drug-likeness (QED) is 0.593. The molecule has 0 bridgehead atoms. The number of nitrogens with one attached hydrogen (secondary N) is 2. The first-order valence-corrected chi connectivity index (χ1v) is 10.2. The van der Waals surface area contributed by atoms with Crippen LogP contribution in [-0.4, -0.2) is 23.0 Å². The Morgan fingerprint density at radius 3 is 2.34 bits per heavy atom. The lowest BCUT2D eigenvalue weighted by molar-refractivity contribution is -0.119. The van der Waals surface area contributed by atoms with Crippen molar-refractivity contribution in [2.45, 2.75) is 26.5 Å². The van der Waals surface area contributed by atoms with Crippen LogP contribution in [0.3, 0.4) is 0 Å². The van der Waals surface area contributed by atoms with Crippen LogP contribution in [0.15, 0.2) is 66.0 Å². The van der Waals surface area contributed by atoms with Crippen molar-refractivity contribution in [3.05, 3.63) is 71.6 Å². The number of ether oxygens (including phenoxy) is 1. The van der Waals surface area contributed by atoms with Crippen LogP contribution < -0.4 is 10.6 Å². The van der Waals surface area contributed by atoms with Crippen LogP contribution in [0.2, 0.25) is 0 Å². The van der Waals surface area contributed by atoms with Crippen LogP contribution in [0, 0.1) is 5.92 Å². The molecule has 3 aromatic rings. The maximum atomic E-state index is 12.7. The number of amides is 2. The minimum Gasteiger partial charge on any atom is -0.445 e. The highest BCUT2D eigenvalue weighted by atomic mass is 32.1. The average Bonchev–Trinajstić information content (AvgIpc) is 3.20. The van der Waals surface area contributed by atoms with Crippen molar-refractivity contribution in [2.24, 2.45) is 5.92 Å². The Bertz CT molecular complexity index is 942. The van der Waals surface area contributed by atoms with Gasteiger partial charge in [-0.25, -0.2) is 9.78 Å². The van der Waals surface area contributed by atoms with Gasteiger partial charge >= 0.3 is 6.09 Å². The van der Waals surface area contributed by atoms with E-state index in [-0.39, 0.29) is 18.4 Å². The zero-order chi connectivity index (χ0) is 20.6. The average molecular weight is 410 g/mol. The van der Waals surface area contributed by atoms with Gasteiger partial charge in [0.15, 0.2) is 5.13 Å². The van der Waals surface area contributed by atoms with Gasteiger partial charge in [-0.2, -0.15) is 0 Å². The Morgan fingerprint density at radius 1 is 1.03 bits per heavy atom. The van der Waals surface area contributed by atoms with Gasteiger partial charge in [0.05, 0.1) is 5.69 Å². The first-order chi connectivity index (χ1) is 14.0. The molecule has 2 aromatic carbocycles. The predicted molar refractivity (Wildman–Crippen MR) is 115 cm³/mol. The minimum absolute atomic E-state index is 0.118. The number of nitrogens with zero attached hydrogens (tertiary/aromatic N) is 1. The molecule has 0 aliphatic heterocycles. The zero-order valence-corrected chi connectivity index (χ0v) is 17.1. The molecule has 2 N–H and O–H groups in total. The fourth-order valence-electron chi connectivity index (χ4n) is 2.68. The molecule has 1 atom stereocenters. The second kappa shape index (κ2) is 9.84. The maximum absolute atomic E-state index is 12.7. The number of anilines is 1. The van der Waals surface area contributed by atoms with E-state index in [1.54, 1.807) is 0 Å². The number of alkyl carbamates (subject to hydrolysis) is 1. The van der Waals surface area contributed by atoms with Crippen molar-refractivity contribution >= 4 is 28.5 Å². The topological polar surface area (TPSA) is 80.3 Å². The molecule has 0 aliphatic rings. The monoisotopic (exact) mass is 409 g/mol. The molecular weight excluding hydrogens is 386 g/mol. The molecule has 150 valence electrons. The van der Waals surface area contributed by atoms with Crippen molar-refractivity contribution in [1.29, 1.82) is 0 Å². The van der Waals surface area contributed by atoms with E-state index in [4.69, 9.17) is 4.74 Å². The summed E-state index contributed by atoms with van der Waals surface area (Å²) in [5.74, 6) is -0.446. The molecule has 0 spiro atoms. The third kappa shape index (κ3) is 5.89. The highest BCUT2D eigenvalue weighted by Gasteiger charge is 2.25. The van der Waals surface area contributed by atoms with Gasteiger partial charge in [0.1, 0.15) is 12.6 Å². The first kappa shape index (κ1) is 20.5. The lowest BCUT2D eigenvalue weighted by Gasteiger charge is -2.20. The molecule has 3 rings (SSSR count). The van der Waals surface area contributed by atoms with Gasteiger partial charge in [0, 0.05) is 10.9 Å². The van der Waals surface area contributed by atoms with E-state index in [9.17, 15) is 9.59 Å². The first-order valence-electron chi connectivity index (χ1n) is 9.32. The number of hydrogen-bond donors (Lipinski definition) is 2. The molecule has 6 nitrogen and oxygen atoms in total. The largest absolute Gasteiger partial charge is 0.445 e. The summed E-state index contributed by atoms with van der Waals surface area (Å²) in [5, 5.41) is 7.81. The van der Waals surface area contributed by atoms with Crippen molar-refractivity contribution < 1.29 is 14.3 Å². The van der Waals surface area contributed by atoms with Gasteiger partial charge in [-0.3, -0.25) is 4.79 Å². The molecular formula is C22H23N3O3S. The second-order valence-corrected chi connectivity index (χ2v) is 7.68. The summed E-state index contributed by atoms with van der Waals surface area (Å²) in [5.41, 5.74) is 2.65. The fourth-order valence-corrected chi connectivity index (χ4v) is 3.41. The number of benzene rings is 2. The summed E-state index contributed by atoms with van der Waals surface area (Å²) in [6, 6.07) is 18.4. The predicted octanol–water partition coefficient (Wildman–Crippen LogP) is 4.70. The second-order valence-electron chi connectivity index (χ2n) is 6.82. The molecule has 0 radical (unpaired) electrons. The Balaban J connectivity index is 1.58. The Morgan fingerprint density at radius 2 is 1.69 bits per heavy atom. The summed E-state index contributed by atoms with van der Waals surface area (Å²) in [6.45, 7) is 3.87.